The highest BCUT2D eigenvalue weighted by atomic mass is 16.5. The Labute approximate surface area is 98.3 Å². The third-order valence-electron chi connectivity index (χ3n) is 2.05. The number of carbonyl (C=O) groups excluding carboxylic acids is 1. The summed E-state index contributed by atoms with van der Waals surface area (Å²) in [6.07, 6.45) is 1.65. The third kappa shape index (κ3) is 3.68. The van der Waals surface area contributed by atoms with Gasteiger partial charge in [-0.1, -0.05) is 0 Å². The van der Waals surface area contributed by atoms with Crippen molar-refractivity contribution in [1.29, 1.82) is 0 Å². The number of carbonyl (C=O) groups is 1. The van der Waals surface area contributed by atoms with Gasteiger partial charge in [-0.2, -0.15) is 0 Å². The largest absolute Gasteiger partial charge is 0.397 e. The number of hydrogen-bond donors (Lipinski definition) is 5. The molecule has 0 bridgehead atoms. The molecule has 8 heteroatoms. The quantitative estimate of drug-likeness (QED) is 0.192. The average Bonchev–Trinajstić information content (AvgIpc) is 2.63. The molecular weight excluding hydrogens is 224 g/mol. The summed E-state index contributed by atoms with van der Waals surface area (Å²) in [6, 6.07) is 1.59. The predicted molar refractivity (Wildman–Crippen MR) is 63.6 cm³/mol. The lowest BCUT2D eigenvalue weighted by Gasteiger charge is -2.04. The van der Waals surface area contributed by atoms with E-state index in [4.69, 9.17) is 16.7 Å². The molecule has 8 nitrogen and oxygen atoms in total. The summed E-state index contributed by atoms with van der Waals surface area (Å²) in [5.41, 5.74) is 13.4. The normalized spacial score (nSPS) is 11.3. The third-order valence-corrected chi connectivity index (χ3v) is 2.05. The Morgan fingerprint density at radius 1 is 1.65 bits per heavy atom. The van der Waals surface area contributed by atoms with Crippen molar-refractivity contribution in [2.45, 2.75) is 0 Å². The van der Waals surface area contributed by atoms with Gasteiger partial charge >= 0.3 is 0 Å². The van der Waals surface area contributed by atoms with Gasteiger partial charge in [-0.3, -0.25) is 10.0 Å². The van der Waals surface area contributed by atoms with Crippen molar-refractivity contribution in [2.24, 2.45) is 17.8 Å². The van der Waals surface area contributed by atoms with E-state index >= 15 is 0 Å². The summed E-state index contributed by atoms with van der Waals surface area (Å²) in [5, 5.41) is 11.0. The highest BCUT2D eigenvalue weighted by molar-refractivity contribution is 5.93. The Hall–Kier alpha value is -2.22. The Morgan fingerprint density at radius 3 is 2.88 bits per heavy atom. The van der Waals surface area contributed by atoms with Crippen LogP contribution < -0.4 is 22.3 Å². The molecule has 7 N–H and O–H groups in total. The first kappa shape index (κ1) is 12.8. The molecule has 94 valence electrons. The zero-order valence-electron chi connectivity index (χ0n) is 9.47. The summed E-state index contributed by atoms with van der Waals surface area (Å²) >= 11 is 0. The summed E-state index contributed by atoms with van der Waals surface area (Å²) in [7, 11) is 1.73. The second-order valence-corrected chi connectivity index (χ2v) is 3.40. The van der Waals surface area contributed by atoms with Crippen LogP contribution >= 0.6 is 0 Å². The molecule has 0 unspecified atom stereocenters. The van der Waals surface area contributed by atoms with Crippen molar-refractivity contribution in [2.75, 3.05) is 18.8 Å². The first-order valence-electron chi connectivity index (χ1n) is 4.94. The van der Waals surface area contributed by atoms with E-state index in [1.54, 1.807) is 29.4 Å². The molecule has 17 heavy (non-hydrogen) atoms. The molecular formula is C9H16N6O2. The van der Waals surface area contributed by atoms with E-state index in [0.29, 0.717) is 17.9 Å². The van der Waals surface area contributed by atoms with Crippen molar-refractivity contribution < 1.29 is 10.0 Å². The number of rotatable bonds is 4. The van der Waals surface area contributed by atoms with Crippen LogP contribution in [0.4, 0.5) is 5.69 Å². The van der Waals surface area contributed by atoms with Gasteiger partial charge in [0.1, 0.15) is 5.69 Å². The minimum atomic E-state index is -0.241. The van der Waals surface area contributed by atoms with Gasteiger partial charge in [0.25, 0.3) is 5.91 Å². The number of amides is 1. The maximum absolute atomic E-state index is 11.7. The number of aryl methyl sites for hydroxylation is 1. The van der Waals surface area contributed by atoms with Crippen LogP contribution in [0.25, 0.3) is 0 Å². The lowest BCUT2D eigenvalue weighted by molar-refractivity contribution is 0.0946. The molecule has 0 aliphatic rings. The maximum atomic E-state index is 11.7. The second kappa shape index (κ2) is 5.75. The van der Waals surface area contributed by atoms with E-state index < -0.39 is 0 Å². The molecule has 1 amide bonds. The molecule has 0 saturated heterocycles. The van der Waals surface area contributed by atoms with Crippen molar-refractivity contribution in [3.8, 4) is 0 Å². The van der Waals surface area contributed by atoms with Gasteiger partial charge < -0.3 is 21.4 Å². The van der Waals surface area contributed by atoms with Gasteiger partial charge in [-0.05, 0) is 6.07 Å². The number of hydroxylamine groups is 1. The molecule has 1 heterocycles. The van der Waals surface area contributed by atoms with Gasteiger partial charge in [0.2, 0.25) is 5.96 Å². The molecule has 0 fully saturated rings. The molecule has 0 saturated carbocycles. The van der Waals surface area contributed by atoms with Crippen LogP contribution in [-0.4, -0.2) is 34.7 Å². The summed E-state index contributed by atoms with van der Waals surface area (Å²) < 4.78 is 1.64. The Kier molecular flexibility index (Phi) is 4.35. The minimum absolute atomic E-state index is 0.0950. The van der Waals surface area contributed by atoms with Gasteiger partial charge in [0.05, 0.1) is 12.2 Å². The number of guanidine groups is 1. The fraction of sp³-hybridized carbons (Fsp3) is 0.333. The first-order chi connectivity index (χ1) is 8.04. The summed E-state index contributed by atoms with van der Waals surface area (Å²) in [4.78, 5) is 15.4. The topological polar surface area (TPSA) is 131 Å². The fourth-order valence-electron chi connectivity index (χ4n) is 1.29. The molecule has 0 atom stereocenters. The SMILES string of the molecule is Cn1cc(N)cc1C(=O)NCCN=C(N)NO. The lowest BCUT2D eigenvalue weighted by atomic mass is 10.4. The molecule has 0 radical (unpaired) electrons. The summed E-state index contributed by atoms with van der Waals surface area (Å²) in [5.74, 6) is -0.336. The lowest BCUT2D eigenvalue weighted by Crippen LogP contribution is -2.31. The van der Waals surface area contributed by atoms with E-state index in [1.807, 2.05) is 0 Å². The van der Waals surface area contributed by atoms with Crippen LogP contribution in [0, 0.1) is 0 Å². The molecule has 0 spiro atoms. The molecule has 1 aromatic rings. The van der Waals surface area contributed by atoms with E-state index in [2.05, 4.69) is 10.3 Å². The predicted octanol–water partition coefficient (Wildman–Crippen LogP) is -1.37. The van der Waals surface area contributed by atoms with Crippen LogP contribution in [0.2, 0.25) is 0 Å². The van der Waals surface area contributed by atoms with E-state index in [0.717, 1.165) is 0 Å². The molecule has 0 aromatic carbocycles. The van der Waals surface area contributed by atoms with Gasteiger partial charge in [0.15, 0.2) is 0 Å². The van der Waals surface area contributed by atoms with Crippen LogP contribution in [0.1, 0.15) is 10.5 Å². The average molecular weight is 240 g/mol. The van der Waals surface area contributed by atoms with Gasteiger partial charge in [-0.25, -0.2) is 10.5 Å². The maximum Gasteiger partial charge on any atom is 0.268 e. The second-order valence-electron chi connectivity index (χ2n) is 3.40. The molecule has 0 aliphatic heterocycles. The number of aromatic nitrogens is 1. The van der Waals surface area contributed by atoms with Crippen molar-refractivity contribution in [3.63, 3.8) is 0 Å². The number of nitrogens with two attached hydrogens (primary N) is 2. The Balaban J connectivity index is 2.43. The number of nitrogen functional groups attached to an aromatic ring is 1. The highest BCUT2D eigenvalue weighted by Crippen LogP contribution is 2.07. The fourth-order valence-corrected chi connectivity index (χ4v) is 1.29. The first-order valence-corrected chi connectivity index (χ1v) is 4.94. The standard InChI is InChI=1S/C9H16N6O2/c1-15-5-6(10)4-7(15)8(16)12-2-3-13-9(11)14-17/h4-5,17H,2-3,10H2,1H3,(H,12,16)(H3,11,13,14). The van der Waals surface area contributed by atoms with Crippen LogP contribution in [0.3, 0.4) is 0 Å². The van der Waals surface area contributed by atoms with Crippen molar-refractivity contribution >= 4 is 17.6 Å². The number of hydrogen-bond acceptors (Lipinski definition) is 4. The zero-order chi connectivity index (χ0) is 12.8. The number of nitrogens with zero attached hydrogens (tertiary/aromatic N) is 2. The minimum Gasteiger partial charge on any atom is -0.397 e. The van der Waals surface area contributed by atoms with Crippen LogP contribution in [0.5, 0.6) is 0 Å². The van der Waals surface area contributed by atoms with Crippen LogP contribution in [0.15, 0.2) is 17.3 Å². The molecule has 0 aliphatic carbocycles. The van der Waals surface area contributed by atoms with Crippen molar-refractivity contribution in [3.05, 3.63) is 18.0 Å². The van der Waals surface area contributed by atoms with Crippen LogP contribution in [-0.2, 0) is 7.05 Å². The smallest absolute Gasteiger partial charge is 0.268 e. The van der Waals surface area contributed by atoms with Crippen molar-refractivity contribution in [1.82, 2.24) is 15.4 Å². The molecule has 1 aromatic heterocycles. The van der Waals surface area contributed by atoms with Gasteiger partial charge in [-0.15, -0.1) is 0 Å². The summed E-state index contributed by atoms with van der Waals surface area (Å²) in [6.45, 7) is 0.581. The highest BCUT2D eigenvalue weighted by Gasteiger charge is 2.09. The Morgan fingerprint density at radius 2 is 2.35 bits per heavy atom. The number of nitrogens with one attached hydrogen (secondary N) is 2. The zero-order valence-corrected chi connectivity index (χ0v) is 9.47. The number of anilines is 1. The van der Waals surface area contributed by atoms with E-state index in [-0.39, 0.29) is 18.4 Å². The van der Waals surface area contributed by atoms with Gasteiger partial charge in [0, 0.05) is 19.8 Å². The number of aliphatic imine (C=N–C) groups is 1. The van der Waals surface area contributed by atoms with E-state index in [1.165, 1.54) is 0 Å². The molecule has 1 rings (SSSR count). The van der Waals surface area contributed by atoms with E-state index in [9.17, 15) is 4.79 Å². The Bertz CT molecular complexity index is 425. The monoisotopic (exact) mass is 240 g/mol.